The van der Waals surface area contributed by atoms with Gasteiger partial charge in [-0.1, -0.05) is 51.1 Å². The monoisotopic (exact) mass is 372 g/mol. The first-order valence-corrected chi connectivity index (χ1v) is 9.47. The summed E-state index contributed by atoms with van der Waals surface area (Å²) in [7, 11) is 0. The molecule has 0 radical (unpaired) electrons. The molecule has 0 bridgehead atoms. The number of hydrogen-bond donors (Lipinski definition) is 2. The van der Waals surface area contributed by atoms with Crippen LogP contribution in [0.25, 0.3) is 21.8 Å². The maximum absolute atomic E-state index is 12.8. The van der Waals surface area contributed by atoms with Crippen molar-refractivity contribution in [3.05, 3.63) is 71.3 Å². The van der Waals surface area contributed by atoms with Crippen LogP contribution in [0.15, 0.2) is 54.6 Å². The Bertz CT molecular complexity index is 1170. The van der Waals surface area contributed by atoms with Gasteiger partial charge in [0.15, 0.2) is 0 Å². The molecule has 0 saturated carbocycles. The summed E-state index contributed by atoms with van der Waals surface area (Å²) in [5, 5.41) is 16.1. The SMILES string of the molecule is C[C@@H](NC(=O)c1ccc2cc(C(C)(C)C)ccc2c1)c1ccc2n[nH]nc2c1. The fraction of sp³-hybridized carbons (Fsp3) is 0.261. The zero-order valence-corrected chi connectivity index (χ0v) is 16.6. The maximum atomic E-state index is 12.8. The lowest BCUT2D eigenvalue weighted by Gasteiger charge is -2.19. The number of nitrogens with one attached hydrogen (secondary N) is 2. The van der Waals surface area contributed by atoms with Crippen LogP contribution in [-0.2, 0) is 5.41 Å². The summed E-state index contributed by atoms with van der Waals surface area (Å²) in [6, 6.07) is 18.0. The molecule has 0 saturated heterocycles. The average molecular weight is 372 g/mol. The van der Waals surface area contributed by atoms with Crippen LogP contribution in [0.2, 0.25) is 0 Å². The van der Waals surface area contributed by atoms with Gasteiger partial charge in [0.05, 0.1) is 6.04 Å². The summed E-state index contributed by atoms with van der Waals surface area (Å²) in [4.78, 5) is 12.8. The third-order valence-electron chi connectivity index (χ3n) is 5.16. The van der Waals surface area contributed by atoms with Crippen molar-refractivity contribution in [3.63, 3.8) is 0 Å². The van der Waals surface area contributed by atoms with E-state index in [1.54, 1.807) is 0 Å². The van der Waals surface area contributed by atoms with Crippen LogP contribution in [0.1, 0.15) is 55.2 Å². The fourth-order valence-electron chi connectivity index (χ4n) is 3.34. The summed E-state index contributed by atoms with van der Waals surface area (Å²) in [5.74, 6) is -0.0884. The van der Waals surface area contributed by atoms with Crippen LogP contribution in [0.3, 0.4) is 0 Å². The Morgan fingerprint density at radius 3 is 2.43 bits per heavy atom. The Hall–Kier alpha value is -3.21. The number of amides is 1. The number of benzene rings is 3. The Balaban J connectivity index is 1.56. The minimum atomic E-state index is -0.132. The Morgan fingerprint density at radius 1 is 0.929 bits per heavy atom. The van der Waals surface area contributed by atoms with E-state index in [0.717, 1.165) is 27.4 Å². The highest BCUT2D eigenvalue weighted by Gasteiger charge is 2.16. The Morgan fingerprint density at radius 2 is 1.64 bits per heavy atom. The fourth-order valence-corrected chi connectivity index (χ4v) is 3.34. The van der Waals surface area contributed by atoms with E-state index in [0.29, 0.717) is 5.56 Å². The standard InChI is InChI=1S/C23H24N4O/c1-14(15-8-10-20-21(13-15)26-27-25-20)24-22(28)18-6-5-17-12-19(23(2,3)4)9-7-16(17)11-18/h5-14H,1-4H3,(H,24,28)(H,25,26,27)/t14-/m1/s1. The lowest BCUT2D eigenvalue weighted by atomic mass is 9.86. The van der Waals surface area contributed by atoms with E-state index >= 15 is 0 Å². The Labute approximate surface area is 164 Å². The molecule has 5 heteroatoms. The number of carbonyl (C=O) groups excluding carboxylic acids is 1. The molecule has 1 aromatic heterocycles. The van der Waals surface area contributed by atoms with Crippen molar-refractivity contribution < 1.29 is 4.79 Å². The molecule has 1 atom stereocenters. The van der Waals surface area contributed by atoms with Gasteiger partial charge in [0.1, 0.15) is 11.0 Å². The largest absolute Gasteiger partial charge is 0.346 e. The number of aromatic nitrogens is 3. The summed E-state index contributed by atoms with van der Waals surface area (Å²) in [6.45, 7) is 8.57. The van der Waals surface area contributed by atoms with Crippen LogP contribution in [0.5, 0.6) is 0 Å². The molecular weight excluding hydrogens is 348 g/mol. The van der Waals surface area contributed by atoms with Gasteiger partial charge in [-0.25, -0.2) is 0 Å². The van der Waals surface area contributed by atoms with Gasteiger partial charge in [-0.3, -0.25) is 4.79 Å². The molecule has 0 aliphatic rings. The first-order chi connectivity index (χ1) is 13.3. The minimum absolute atomic E-state index is 0.0884. The molecule has 0 fully saturated rings. The van der Waals surface area contributed by atoms with Crippen molar-refractivity contribution in [1.82, 2.24) is 20.7 Å². The van der Waals surface area contributed by atoms with Crippen molar-refractivity contribution in [2.45, 2.75) is 39.2 Å². The second-order valence-electron chi connectivity index (χ2n) is 8.29. The molecule has 4 aromatic rings. The van der Waals surface area contributed by atoms with Crippen LogP contribution in [0, 0.1) is 0 Å². The van der Waals surface area contributed by atoms with Crippen LogP contribution < -0.4 is 5.32 Å². The number of hydrogen-bond acceptors (Lipinski definition) is 3. The summed E-state index contributed by atoms with van der Waals surface area (Å²) < 4.78 is 0. The predicted octanol–water partition coefficient (Wildman–Crippen LogP) is 4.90. The van der Waals surface area contributed by atoms with Crippen LogP contribution in [-0.4, -0.2) is 21.3 Å². The summed E-state index contributed by atoms with van der Waals surface area (Å²) >= 11 is 0. The van der Waals surface area contributed by atoms with E-state index in [9.17, 15) is 4.79 Å². The maximum Gasteiger partial charge on any atom is 0.251 e. The van der Waals surface area contributed by atoms with E-state index in [2.05, 4.69) is 59.7 Å². The molecule has 2 N–H and O–H groups in total. The van der Waals surface area contributed by atoms with Crippen molar-refractivity contribution in [2.75, 3.05) is 0 Å². The molecule has 0 aliphatic carbocycles. The quantitative estimate of drug-likeness (QED) is 0.537. The zero-order chi connectivity index (χ0) is 19.9. The molecule has 1 amide bonds. The van der Waals surface area contributed by atoms with Gasteiger partial charge in [0.2, 0.25) is 0 Å². The molecule has 4 rings (SSSR count). The molecular formula is C23H24N4O. The van der Waals surface area contributed by atoms with Crippen molar-refractivity contribution in [3.8, 4) is 0 Å². The second-order valence-corrected chi connectivity index (χ2v) is 8.29. The van der Waals surface area contributed by atoms with E-state index in [-0.39, 0.29) is 17.4 Å². The number of nitrogens with zero attached hydrogens (tertiary/aromatic N) is 2. The smallest absolute Gasteiger partial charge is 0.251 e. The third kappa shape index (κ3) is 3.48. The molecule has 142 valence electrons. The van der Waals surface area contributed by atoms with Gasteiger partial charge in [0, 0.05) is 5.56 Å². The van der Waals surface area contributed by atoms with Gasteiger partial charge in [-0.2, -0.15) is 15.4 Å². The van der Waals surface area contributed by atoms with Crippen molar-refractivity contribution in [2.24, 2.45) is 0 Å². The highest BCUT2D eigenvalue weighted by atomic mass is 16.1. The molecule has 0 spiro atoms. The van der Waals surface area contributed by atoms with Gasteiger partial charge in [-0.05, 0) is 58.5 Å². The van der Waals surface area contributed by atoms with Gasteiger partial charge in [0.25, 0.3) is 5.91 Å². The van der Waals surface area contributed by atoms with Gasteiger partial charge in [-0.15, -0.1) is 0 Å². The topological polar surface area (TPSA) is 70.7 Å². The van der Waals surface area contributed by atoms with Gasteiger partial charge >= 0.3 is 0 Å². The molecule has 0 aliphatic heterocycles. The number of fused-ring (bicyclic) bond motifs is 2. The molecule has 28 heavy (non-hydrogen) atoms. The van der Waals surface area contributed by atoms with Crippen LogP contribution >= 0.6 is 0 Å². The number of carbonyl (C=O) groups is 1. The van der Waals surface area contributed by atoms with Crippen molar-refractivity contribution in [1.29, 1.82) is 0 Å². The Kier molecular flexibility index (Phi) is 4.38. The van der Waals surface area contributed by atoms with Gasteiger partial charge < -0.3 is 5.32 Å². The molecule has 1 heterocycles. The van der Waals surface area contributed by atoms with E-state index in [1.165, 1.54) is 5.56 Å². The normalized spacial score (nSPS) is 13.0. The van der Waals surface area contributed by atoms with E-state index in [4.69, 9.17) is 0 Å². The number of rotatable bonds is 3. The summed E-state index contributed by atoms with van der Waals surface area (Å²) in [6.07, 6.45) is 0. The molecule has 0 unspecified atom stereocenters. The van der Waals surface area contributed by atoms with E-state index in [1.807, 2.05) is 43.3 Å². The highest BCUT2D eigenvalue weighted by Crippen LogP contribution is 2.27. The minimum Gasteiger partial charge on any atom is -0.346 e. The lowest BCUT2D eigenvalue weighted by Crippen LogP contribution is -2.26. The third-order valence-corrected chi connectivity index (χ3v) is 5.16. The lowest BCUT2D eigenvalue weighted by molar-refractivity contribution is 0.0940. The first kappa shape index (κ1) is 18.2. The molecule has 5 nitrogen and oxygen atoms in total. The van der Waals surface area contributed by atoms with Crippen LogP contribution in [0.4, 0.5) is 0 Å². The summed E-state index contributed by atoms with van der Waals surface area (Å²) in [5.41, 5.74) is 4.64. The first-order valence-electron chi connectivity index (χ1n) is 9.47. The van der Waals surface area contributed by atoms with Crippen molar-refractivity contribution >= 4 is 27.7 Å². The predicted molar refractivity (Wildman–Crippen MR) is 112 cm³/mol. The second kappa shape index (κ2) is 6.75. The highest BCUT2D eigenvalue weighted by molar-refractivity contribution is 5.99. The zero-order valence-electron chi connectivity index (χ0n) is 16.6. The number of aromatic amines is 1. The number of H-pyrrole nitrogens is 1. The average Bonchev–Trinajstić information content (AvgIpc) is 3.14. The molecule has 3 aromatic carbocycles. The van der Waals surface area contributed by atoms with E-state index < -0.39 is 0 Å².